The Bertz CT molecular complexity index is 572. The Hall–Kier alpha value is -2.42. The molecule has 2 rings (SSSR count). The van der Waals surface area contributed by atoms with E-state index in [1.807, 2.05) is 0 Å². The highest BCUT2D eigenvalue weighted by Crippen LogP contribution is 2.28. The topological polar surface area (TPSA) is 79.2 Å². The lowest BCUT2D eigenvalue weighted by Gasteiger charge is -2.21. The van der Waals surface area contributed by atoms with Crippen molar-refractivity contribution >= 4 is 11.9 Å². The van der Waals surface area contributed by atoms with Gasteiger partial charge in [0.25, 0.3) is 5.91 Å². The van der Waals surface area contributed by atoms with Gasteiger partial charge in [0.1, 0.15) is 11.4 Å². The van der Waals surface area contributed by atoms with Gasteiger partial charge in [-0.25, -0.2) is 9.18 Å². The highest BCUT2D eigenvalue weighted by Gasteiger charge is 2.35. The minimum Gasteiger partial charge on any atom is -0.452 e. The molecule has 0 atom stereocenters. The number of rotatable bonds is 4. The van der Waals surface area contributed by atoms with Crippen LogP contribution >= 0.6 is 0 Å². The van der Waals surface area contributed by atoms with Crippen molar-refractivity contribution in [1.82, 2.24) is 5.32 Å². The van der Waals surface area contributed by atoms with Crippen LogP contribution < -0.4 is 5.32 Å². The molecule has 0 saturated heterocycles. The molecule has 1 aromatic rings. The molecule has 0 unspecified atom stereocenters. The molecule has 0 bridgehead atoms. The fourth-order valence-electron chi connectivity index (χ4n) is 2.35. The monoisotopic (exact) mass is 290 g/mol. The van der Waals surface area contributed by atoms with Crippen LogP contribution in [-0.2, 0) is 9.53 Å². The number of hydrogen-bond donors (Lipinski definition) is 1. The molecular formula is C15H15FN2O3. The molecule has 0 heterocycles. The second-order valence-corrected chi connectivity index (χ2v) is 5.03. The highest BCUT2D eigenvalue weighted by molar-refractivity contribution is 5.91. The van der Waals surface area contributed by atoms with Crippen LogP contribution in [0.15, 0.2) is 24.3 Å². The molecule has 0 aliphatic heterocycles. The van der Waals surface area contributed by atoms with Gasteiger partial charge in [-0.15, -0.1) is 0 Å². The van der Waals surface area contributed by atoms with Gasteiger partial charge in [0.15, 0.2) is 6.61 Å². The normalized spacial score (nSPS) is 16.0. The number of nitrogens with zero attached hydrogens (tertiary/aromatic N) is 1. The van der Waals surface area contributed by atoms with Gasteiger partial charge in [-0.2, -0.15) is 5.26 Å². The largest absolute Gasteiger partial charge is 0.452 e. The minimum atomic E-state index is -0.834. The fraction of sp³-hybridized carbons (Fsp3) is 0.400. The minimum absolute atomic E-state index is 0.167. The number of halogens is 1. The number of ether oxygens (including phenoxy) is 1. The van der Waals surface area contributed by atoms with E-state index in [0.29, 0.717) is 12.8 Å². The third kappa shape index (κ3) is 3.78. The summed E-state index contributed by atoms with van der Waals surface area (Å²) in [6, 6.07) is 6.96. The number of esters is 1. The summed E-state index contributed by atoms with van der Waals surface area (Å²) in [5.74, 6) is -1.67. The SMILES string of the molecule is N#CC1(NC(=O)COC(=O)c2ccc(F)cc2)CCCC1. The first-order valence-corrected chi connectivity index (χ1v) is 6.70. The highest BCUT2D eigenvalue weighted by atomic mass is 19.1. The fourth-order valence-corrected chi connectivity index (χ4v) is 2.35. The summed E-state index contributed by atoms with van der Waals surface area (Å²) in [7, 11) is 0. The van der Waals surface area contributed by atoms with Gasteiger partial charge < -0.3 is 10.1 Å². The quantitative estimate of drug-likeness (QED) is 0.859. The Morgan fingerprint density at radius 1 is 1.29 bits per heavy atom. The number of nitrogens with one attached hydrogen (secondary N) is 1. The van der Waals surface area contributed by atoms with Crippen LogP contribution in [-0.4, -0.2) is 24.0 Å². The van der Waals surface area contributed by atoms with Crippen LogP contribution in [0.5, 0.6) is 0 Å². The molecule has 110 valence electrons. The number of nitriles is 1. The van der Waals surface area contributed by atoms with Crippen molar-refractivity contribution in [3.63, 3.8) is 0 Å². The first-order valence-electron chi connectivity index (χ1n) is 6.70. The van der Waals surface area contributed by atoms with Crippen molar-refractivity contribution in [2.45, 2.75) is 31.2 Å². The van der Waals surface area contributed by atoms with Crippen molar-refractivity contribution in [2.75, 3.05) is 6.61 Å². The van der Waals surface area contributed by atoms with E-state index in [4.69, 9.17) is 10.00 Å². The Kier molecular flexibility index (Phi) is 4.53. The Morgan fingerprint density at radius 2 is 1.90 bits per heavy atom. The van der Waals surface area contributed by atoms with Gasteiger partial charge in [-0.1, -0.05) is 0 Å². The van der Waals surface area contributed by atoms with Crippen molar-refractivity contribution in [3.05, 3.63) is 35.6 Å². The predicted octanol–water partition coefficient (Wildman–Crippen LogP) is 1.94. The van der Waals surface area contributed by atoms with Crippen LogP contribution in [0.2, 0.25) is 0 Å². The average molecular weight is 290 g/mol. The molecule has 0 aromatic heterocycles. The van der Waals surface area contributed by atoms with Crippen LogP contribution in [0.1, 0.15) is 36.0 Å². The number of hydrogen-bond acceptors (Lipinski definition) is 4. The first kappa shape index (κ1) is 15.0. The van der Waals surface area contributed by atoms with Crippen LogP contribution in [0.3, 0.4) is 0 Å². The van der Waals surface area contributed by atoms with Gasteiger partial charge in [-0.3, -0.25) is 4.79 Å². The third-order valence-electron chi connectivity index (χ3n) is 3.46. The van der Waals surface area contributed by atoms with Crippen molar-refractivity contribution in [3.8, 4) is 6.07 Å². The van der Waals surface area contributed by atoms with Crippen LogP contribution in [0.25, 0.3) is 0 Å². The maximum atomic E-state index is 12.7. The molecule has 0 radical (unpaired) electrons. The summed E-state index contributed by atoms with van der Waals surface area (Å²) in [6.07, 6.45) is 3.01. The molecule has 1 aliphatic rings. The molecule has 5 nitrogen and oxygen atoms in total. The van der Waals surface area contributed by atoms with E-state index < -0.39 is 29.8 Å². The van der Waals surface area contributed by atoms with Crippen LogP contribution in [0.4, 0.5) is 4.39 Å². The summed E-state index contributed by atoms with van der Waals surface area (Å²) < 4.78 is 17.6. The molecule has 1 N–H and O–H groups in total. The Morgan fingerprint density at radius 3 is 2.48 bits per heavy atom. The maximum absolute atomic E-state index is 12.7. The molecule has 6 heteroatoms. The lowest BCUT2D eigenvalue weighted by molar-refractivity contribution is -0.125. The van der Waals surface area contributed by atoms with E-state index >= 15 is 0 Å². The summed E-state index contributed by atoms with van der Waals surface area (Å²) in [6.45, 7) is -0.459. The van der Waals surface area contributed by atoms with E-state index in [1.165, 1.54) is 12.1 Å². The second kappa shape index (κ2) is 6.35. The lowest BCUT2D eigenvalue weighted by atomic mass is 10.00. The summed E-state index contributed by atoms with van der Waals surface area (Å²) >= 11 is 0. The summed E-state index contributed by atoms with van der Waals surface area (Å²) in [5, 5.41) is 11.8. The van der Waals surface area contributed by atoms with E-state index in [-0.39, 0.29) is 5.56 Å². The number of carbonyl (C=O) groups is 2. The molecule has 1 amide bonds. The van der Waals surface area contributed by atoms with Crippen molar-refractivity contribution < 1.29 is 18.7 Å². The first-order chi connectivity index (χ1) is 10.0. The van der Waals surface area contributed by atoms with E-state index in [9.17, 15) is 14.0 Å². The zero-order chi connectivity index (χ0) is 15.3. The van der Waals surface area contributed by atoms with Crippen molar-refractivity contribution in [2.24, 2.45) is 0 Å². The maximum Gasteiger partial charge on any atom is 0.338 e. The smallest absolute Gasteiger partial charge is 0.338 e. The van der Waals surface area contributed by atoms with Gasteiger partial charge >= 0.3 is 5.97 Å². The molecule has 1 saturated carbocycles. The van der Waals surface area contributed by atoms with E-state index in [0.717, 1.165) is 25.0 Å². The van der Waals surface area contributed by atoms with E-state index in [2.05, 4.69) is 11.4 Å². The Labute approximate surface area is 121 Å². The number of carbonyl (C=O) groups excluding carboxylic acids is 2. The second-order valence-electron chi connectivity index (χ2n) is 5.03. The molecule has 1 aliphatic carbocycles. The lowest BCUT2D eigenvalue weighted by Crippen LogP contribution is -2.46. The van der Waals surface area contributed by atoms with Gasteiger partial charge in [-0.05, 0) is 49.9 Å². The third-order valence-corrected chi connectivity index (χ3v) is 3.46. The molecule has 1 aromatic carbocycles. The molecule has 0 spiro atoms. The Balaban J connectivity index is 1.85. The zero-order valence-electron chi connectivity index (χ0n) is 11.4. The average Bonchev–Trinajstić information content (AvgIpc) is 2.94. The van der Waals surface area contributed by atoms with E-state index in [1.54, 1.807) is 0 Å². The zero-order valence-corrected chi connectivity index (χ0v) is 11.4. The van der Waals surface area contributed by atoms with Gasteiger partial charge in [0.2, 0.25) is 0 Å². The van der Waals surface area contributed by atoms with Crippen LogP contribution in [0, 0.1) is 17.1 Å². The summed E-state index contributed by atoms with van der Waals surface area (Å²) in [5.41, 5.74) is -0.667. The van der Waals surface area contributed by atoms with Crippen molar-refractivity contribution in [1.29, 1.82) is 5.26 Å². The summed E-state index contributed by atoms with van der Waals surface area (Å²) in [4.78, 5) is 23.4. The molecule has 21 heavy (non-hydrogen) atoms. The molecular weight excluding hydrogens is 275 g/mol. The number of amides is 1. The van der Waals surface area contributed by atoms with Gasteiger partial charge in [0.05, 0.1) is 11.6 Å². The van der Waals surface area contributed by atoms with Gasteiger partial charge in [0, 0.05) is 0 Å². The number of benzene rings is 1. The standard InChI is InChI=1S/C15H15FN2O3/c16-12-5-3-11(4-6-12)14(20)21-9-13(19)18-15(10-17)7-1-2-8-15/h3-6H,1-2,7-9H2,(H,18,19). The predicted molar refractivity (Wildman–Crippen MR) is 71.6 cm³/mol. The molecule has 1 fully saturated rings.